The van der Waals surface area contributed by atoms with Crippen LogP contribution >= 0.6 is 0 Å². The van der Waals surface area contributed by atoms with Crippen LogP contribution < -0.4 is 16.0 Å². The number of likely N-dealkylation sites (N-methyl/N-ethyl adjacent to an activating group) is 1. The van der Waals surface area contributed by atoms with Gasteiger partial charge in [-0.3, -0.25) is 14.4 Å². The summed E-state index contributed by atoms with van der Waals surface area (Å²) in [6.07, 6.45) is 0.384. The largest absolute Gasteiger partial charge is 0.417 e. The van der Waals surface area contributed by atoms with Crippen LogP contribution in [-0.4, -0.2) is 36.6 Å². The number of allylic oxidation sites excluding steroid dienone is 2. The molecule has 1 saturated carbocycles. The minimum atomic E-state index is -4.67. The first-order chi connectivity index (χ1) is 18.5. The van der Waals surface area contributed by atoms with Crippen LogP contribution in [0.5, 0.6) is 0 Å². The smallest absolute Gasteiger partial charge is 0.369 e. The van der Waals surface area contributed by atoms with Crippen molar-refractivity contribution in [1.82, 2.24) is 5.32 Å². The van der Waals surface area contributed by atoms with E-state index in [0.717, 1.165) is 18.9 Å². The summed E-state index contributed by atoms with van der Waals surface area (Å²) in [5.74, 6) is -2.30. The summed E-state index contributed by atoms with van der Waals surface area (Å²) in [5, 5.41) is 2.69. The highest BCUT2D eigenvalue weighted by molar-refractivity contribution is 6.20. The molecule has 7 nitrogen and oxygen atoms in total. The lowest BCUT2D eigenvalue weighted by Gasteiger charge is -2.34. The average molecular weight is 539 g/mol. The lowest BCUT2D eigenvalue weighted by atomic mass is 9.70. The number of amides is 3. The van der Waals surface area contributed by atoms with Crippen molar-refractivity contribution < 1.29 is 27.6 Å². The standard InChI is InChI=1S/C29H29F3N4O3/c1-36-22-11-5-3-9-19(22)23(18-8-2-4-10-20(18)29(30,31)32)34-24(26(36)38)35-25(37)21(16-17-12-13-17)28(27(33)39)14-6-7-15-28/h2-11,17,21,24H,12-16H2,1H3,(H2,33,39)(H,35,37)/t21-,24?/m0/s1. The molecule has 0 saturated heterocycles. The van der Waals surface area contributed by atoms with Gasteiger partial charge in [-0.2, -0.15) is 13.2 Å². The third kappa shape index (κ3) is 4.95. The minimum absolute atomic E-state index is 0.0626. The first kappa shape index (κ1) is 26.6. The van der Waals surface area contributed by atoms with Gasteiger partial charge in [-0.05, 0) is 37.3 Å². The Hall–Kier alpha value is -3.95. The van der Waals surface area contributed by atoms with Crippen LogP contribution in [0.15, 0.2) is 65.7 Å². The number of nitrogens with zero attached hydrogens (tertiary/aromatic N) is 2. The quantitative estimate of drug-likeness (QED) is 0.517. The fraction of sp³-hybridized carbons (Fsp3) is 0.379. The molecule has 2 aromatic rings. The molecule has 1 fully saturated rings. The van der Waals surface area contributed by atoms with Crippen LogP contribution in [0, 0.1) is 17.3 Å². The SMILES string of the molecule is CN1C(=O)C(NC(=O)[C@H](CC2CC2)C2(C(N)=O)CC=CC2)N=C(c2ccccc2C(F)(F)F)c2ccccc21. The van der Waals surface area contributed by atoms with Crippen molar-refractivity contribution in [3.8, 4) is 0 Å². The summed E-state index contributed by atoms with van der Waals surface area (Å²) in [7, 11) is 1.49. The lowest BCUT2D eigenvalue weighted by Crippen LogP contribution is -2.53. The number of aliphatic imine (C=N–C) groups is 1. The number of nitrogens with two attached hydrogens (primary N) is 1. The zero-order chi connectivity index (χ0) is 27.9. The van der Waals surface area contributed by atoms with Crippen LogP contribution in [0.1, 0.15) is 48.8 Å². The number of benzodiazepines with no additional fused rings is 1. The lowest BCUT2D eigenvalue weighted by molar-refractivity contribution is -0.141. The van der Waals surface area contributed by atoms with Gasteiger partial charge >= 0.3 is 6.18 Å². The Bertz CT molecular complexity index is 1370. The molecule has 1 unspecified atom stereocenters. The third-order valence-electron chi connectivity index (χ3n) is 7.98. The van der Waals surface area contributed by atoms with Crippen molar-refractivity contribution in [1.29, 1.82) is 0 Å². The normalized spacial score (nSPS) is 21.1. The Kier molecular flexibility index (Phi) is 6.82. The Balaban J connectivity index is 1.58. The number of anilines is 1. The molecule has 2 atom stereocenters. The van der Waals surface area contributed by atoms with E-state index in [-0.39, 0.29) is 17.2 Å². The van der Waals surface area contributed by atoms with Crippen molar-refractivity contribution in [2.24, 2.45) is 28.0 Å². The summed E-state index contributed by atoms with van der Waals surface area (Å²) in [6.45, 7) is 0. The Morgan fingerprint density at radius 3 is 2.31 bits per heavy atom. The van der Waals surface area contributed by atoms with Gasteiger partial charge in [0.1, 0.15) is 0 Å². The van der Waals surface area contributed by atoms with Gasteiger partial charge in [-0.1, -0.05) is 61.4 Å². The fourth-order valence-corrected chi connectivity index (χ4v) is 5.60. The summed E-state index contributed by atoms with van der Waals surface area (Å²) in [4.78, 5) is 45.8. The number of carbonyl (C=O) groups is 3. The second-order valence-electron chi connectivity index (χ2n) is 10.5. The van der Waals surface area contributed by atoms with E-state index < -0.39 is 47.0 Å². The average Bonchev–Trinajstić information content (AvgIpc) is 3.62. The summed E-state index contributed by atoms with van der Waals surface area (Å²) in [5.41, 5.74) is 4.21. The second-order valence-corrected chi connectivity index (χ2v) is 10.5. The molecule has 2 aliphatic carbocycles. The molecule has 0 bridgehead atoms. The van der Waals surface area contributed by atoms with Gasteiger partial charge in [0.05, 0.1) is 28.3 Å². The molecular weight excluding hydrogens is 509 g/mol. The Morgan fingerprint density at radius 2 is 1.69 bits per heavy atom. The molecular formula is C29H29F3N4O3. The zero-order valence-electron chi connectivity index (χ0n) is 21.4. The summed E-state index contributed by atoms with van der Waals surface area (Å²) >= 11 is 0. The van der Waals surface area contributed by atoms with Crippen LogP contribution in [0.25, 0.3) is 0 Å². The molecule has 0 spiro atoms. The molecule has 3 amide bonds. The van der Waals surface area contributed by atoms with Crippen LogP contribution in [-0.2, 0) is 20.6 Å². The van der Waals surface area contributed by atoms with E-state index in [1.54, 1.807) is 24.3 Å². The topological polar surface area (TPSA) is 105 Å². The first-order valence-electron chi connectivity index (χ1n) is 12.9. The predicted octanol–water partition coefficient (Wildman–Crippen LogP) is 4.20. The Morgan fingerprint density at radius 1 is 1.08 bits per heavy atom. The van der Waals surface area contributed by atoms with Gasteiger partial charge in [-0.15, -0.1) is 0 Å². The van der Waals surface area contributed by atoms with Crippen LogP contribution in [0.3, 0.4) is 0 Å². The van der Waals surface area contributed by atoms with Gasteiger partial charge in [0.15, 0.2) is 0 Å². The Labute approximate surface area is 224 Å². The van der Waals surface area contributed by atoms with Gasteiger partial charge in [0, 0.05) is 18.2 Å². The van der Waals surface area contributed by atoms with E-state index in [1.807, 2.05) is 12.2 Å². The van der Waals surface area contributed by atoms with E-state index in [2.05, 4.69) is 10.3 Å². The molecule has 0 radical (unpaired) electrons. The highest BCUT2D eigenvalue weighted by atomic mass is 19.4. The van der Waals surface area contributed by atoms with E-state index in [9.17, 15) is 27.6 Å². The number of nitrogens with one attached hydrogen (secondary N) is 1. The maximum absolute atomic E-state index is 14.0. The molecule has 1 heterocycles. The molecule has 5 rings (SSSR count). The van der Waals surface area contributed by atoms with Gasteiger partial charge < -0.3 is 16.0 Å². The maximum atomic E-state index is 14.0. The number of hydrogen-bond acceptors (Lipinski definition) is 4. The van der Waals surface area contributed by atoms with Gasteiger partial charge in [0.2, 0.25) is 18.0 Å². The van der Waals surface area contributed by atoms with E-state index >= 15 is 0 Å². The predicted molar refractivity (Wildman–Crippen MR) is 140 cm³/mol. The van der Waals surface area contributed by atoms with Crippen molar-refractivity contribution in [3.63, 3.8) is 0 Å². The van der Waals surface area contributed by atoms with Crippen molar-refractivity contribution in [2.45, 2.75) is 44.4 Å². The number of benzene rings is 2. The molecule has 1 aliphatic heterocycles. The molecule has 10 heteroatoms. The molecule has 39 heavy (non-hydrogen) atoms. The van der Waals surface area contributed by atoms with E-state index in [0.29, 0.717) is 30.5 Å². The van der Waals surface area contributed by atoms with E-state index in [1.165, 1.54) is 30.1 Å². The molecule has 3 N–H and O–H groups in total. The summed E-state index contributed by atoms with van der Waals surface area (Å²) < 4.78 is 42.0. The summed E-state index contributed by atoms with van der Waals surface area (Å²) in [6, 6.07) is 11.5. The van der Waals surface area contributed by atoms with Crippen LogP contribution in [0.4, 0.5) is 18.9 Å². The number of alkyl halides is 3. The first-order valence-corrected chi connectivity index (χ1v) is 12.9. The minimum Gasteiger partial charge on any atom is -0.369 e. The van der Waals surface area contributed by atoms with Crippen molar-refractivity contribution in [2.75, 3.05) is 11.9 Å². The van der Waals surface area contributed by atoms with Crippen molar-refractivity contribution in [3.05, 3.63) is 77.4 Å². The number of para-hydroxylation sites is 1. The van der Waals surface area contributed by atoms with Crippen LogP contribution in [0.2, 0.25) is 0 Å². The van der Waals surface area contributed by atoms with Crippen molar-refractivity contribution >= 4 is 29.1 Å². The third-order valence-corrected chi connectivity index (χ3v) is 7.98. The molecule has 3 aliphatic rings. The number of fused-ring (bicyclic) bond motifs is 1. The zero-order valence-corrected chi connectivity index (χ0v) is 21.4. The van der Waals surface area contributed by atoms with Gasteiger partial charge in [-0.25, -0.2) is 4.99 Å². The number of carbonyl (C=O) groups excluding carboxylic acids is 3. The second kappa shape index (κ2) is 9.98. The number of rotatable bonds is 7. The molecule has 2 aromatic carbocycles. The number of hydrogen-bond donors (Lipinski definition) is 2. The molecule has 204 valence electrons. The van der Waals surface area contributed by atoms with E-state index in [4.69, 9.17) is 5.73 Å². The maximum Gasteiger partial charge on any atom is 0.417 e. The number of primary amides is 1. The highest BCUT2D eigenvalue weighted by Gasteiger charge is 2.50. The molecule has 0 aromatic heterocycles. The van der Waals surface area contributed by atoms with Gasteiger partial charge in [0.25, 0.3) is 5.91 Å². The monoisotopic (exact) mass is 538 g/mol. The highest BCUT2D eigenvalue weighted by Crippen LogP contribution is 2.47. The fourth-order valence-electron chi connectivity index (χ4n) is 5.60. The number of halogens is 3.